The Kier molecular flexibility index (Phi) is 4.10. The van der Waals surface area contributed by atoms with Gasteiger partial charge in [0.15, 0.2) is 5.78 Å². The van der Waals surface area contributed by atoms with Crippen LogP contribution in [0.3, 0.4) is 0 Å². The molecule has 0 aromatic heterocycles. The third-order valence-electron chi connectivity index (χ3n) is 3.21. The zero-order valence-electron chi connectivity index (χ0n) is 11.3. The molecular weight excluding hydrogens is 268 g/mol. The van der Waals surface area contributed by atoms with Gasteiger partial charge in [-0.15, -0.1) is 0 Å². The van der Waals surface area contributed by atoms with E-state index < -0.39 is 10.8 Å². The topological polar surface area (TPSA) is 84.0 Å². The third kappa shape index (κ3) is 2.79. The van der Waals surface area contributed by atoms with Gasteiger partial charge < -0.3 is 0 Å². The molecule has 5 heteroatoms. The number of carbonyl (C=O) groups is 1. The van der Waals surface area contributed by atoms with Gasteiger partial charge in [-0.1, -0.05) is 24.3 Å². The maximum atomic E-state index is 12.0. The number of rotatable bonds is 3. The van der Waals surface area contributed by atoms with E-state index in [1.54, 1.807) is 43.3 Å². The zero-order chi connectivity index (χ0) is 15.4. The third-order valence-corrected chi connectivity index (χ3v) is 3.21. The molecule has 1 atom stereocenters. The molecule has 5 nitrogen and oxygen atoms in total. The fourth-order valence-electron chi connectivity index (χ4n) is 2.25. The number of nitriles is 1. The van der Waals surface area contributed by atoms with E-state index in [1.807, 2.05) is 6.07 Å². The van der Waals surface area contributed by atoms with Crippen molar-refractivity contribution in [2.75, 3.05) is 0 Å². The van der Waals surface area contributed by atoms with E-state index >= 15 is 0 Å². The molecule has 21 heavy (non-hydrogen) atoms. The lowest BCUT2D eigenvalue weighted by atomic mass is 9.83. The minimum absolute atomic E-state index is 0.0950. The van der Waals surface area contributed by atoms with Crippen LogP contribution in [0.4, 0.5) is 0 Å². The Morgan fingerprint density at radius 1 is 1.29 bits per heavy atom. The Bertz CT molecular complexity index is 719. The van der Waals surface area contributed by atoms with Crippen molar-refractivity contribution in [3.63, 3.8) is 0 Å². The maximum Gasteiger partial charge on any atom is 0.274 e. The van der Waals surface area contributed by atoms with Crippen molar-refractivity contribution >= 4 is 11.4 Å². The number of hydrogen-bond acceptors (Lipinski definition) is 4. The number of allylic oxidation sites excluding steroid dienone is 5. The SMILES string of the molecule is CC=CC1C(=O)C=CC([N+](=O)[O-])=C1c1ccc(C#N)cc1. The Hall–Kier alpha value is -3.00. The van der Waals surface area contributed by atoms with Crippen molar-refractivity contribution < 1.29 is 9.72 Å². The Morgan fingerprint density at radius 2 is 1.95 bits per heavy atom. The van der Waals surface area contributed by atoms with Gasteiger partial charge in [0.2, 0.25) is 0 Å². The second-order valence-electron chi connectivity index (χ2n) is 4.48. The normalized spacial score (nSPS) is 18.1. The molecule has 0 fully saturated rings. The minimum atomic E-state index is -0.673. The van der Waals surface area contributed by atoms with E-state index in [4.69, 9.17) is 5.26 Å². The van der Waals surface area contributed by atoms with Crippen LogP contribution in [-0.2, 0) is 4.79 Å². The van der Waals surface area contributed by atoms with E-state index in [0.29, 0.717) is 16.7 Å². The molecule has 1 aliphatic carbocycles. The summed E-state index contributed by atoms with van der Waals surface area (Å²) in [6.45, 7) is 1.76. The van der Waals surface area contributed by atoms with Crippen LogP contribution in [0.2, 0.25) is 0 Å². The van der Waals surface area contributed by atoms with Crippen molar-refractivity contribution in [3.05, 3.63) is 75.5 Å². The predicted molar refractivity (Wildman–Crippen MR) is 77.5 cm³/mol. The zero-order valence-corrected chi connectivity index (χ0v) is 11.3. The summed E-state index contributed by atoms with van der Waals surface area (Å²) in [5.74, 6) is -0.869. The molecule has 0 aliphatic heterocycles. The number of nitrogens with zero attached hydrogens (tertiary/aromatic N) is 2. The number of ketones is 1. The molecule has 0 radical (unpaired) electrons. The molecule has 1 aliphatic rings. The van der Waals surface area contributed by atoms with Crippen LogP contribution in [0, 0.1) is 27.4 Å². The highest BCUT2D eigenvalue weighted by Gasteiger charge is 2.31. The average Bonchev–Trinajstić information content (AvgIpc) is 2.49. The molecule has 1 unspecified atom stereocenters. The Labute approximate surface area is 121 Å². The van der Waals surface area contributed by atoms with Gasteiger partial charge in [-0.3, -0.25) is 14.9 Å². The van der Waals surface area contributed by atoms with Gasteiger partial charge in [-0.2, -0.15) is 5.26 Å². The average molecular weight is 280 g/mol. The van der Waals surface area contributed by atoms with Crippen molar-refractivity contribution in [3.8, 4) is 6.07 Å². The Balaban J connectivity index is 2.64. The molecule has 1 aromatic carbocycles. The summed E-state index contributed by atoms with van der Waals surface area (Å²) < 4.78 is 0. The smallest absolute Gasteiger partial charge is 0.274 e. The quantitative estimate of drug-likeness (QED) is 0.484. The fourth-order valence-corrected chi connectivity index (χ4v) is 2.25. The monoisotopic (exact) mass is 280 g/mol. The molecule has 0 N–H and O–H groups in total. The molecule has 0 bridgehead atoms. The number of benzene rings is 1. The maximum absolute atomic E-state index is 12.0. The first-order valence-corrected chi connectivity index (χ1v) is 6.32. The lowest BCUT2D eigenvalue weighted by Crippen LogP contribution is -2.19. The minimum Gasteiger partial charge on any atom is -0.294 e. The highest BCUT2D eigenvalue weighted by Crippen LogP contribution is 2.33. The summed E-state index contributed by atoms with van der Waals surface area (Å²) in [5, 5.41) is 20.0. The number of hydrogen-bond donors (Lipinski definition) is 0. The van der Waals surface area contributed by atoms with E-state index in [1.165, 1.54) is 12.2 Å². The second-order valence-corrected chi connectivity index (χ2v) is 4.48. The molecule has 104 valence electrons. The van der Waals surface area contributed by atoms with Crippen molar-refractivity contribution in [2.45, 2.75) is 6.92 Å². The van der Waals surface area contributed by atoms with Crippen molar-refractivity contribution in [2.24, 2.45) is 5.92 Å². The van der Waals surface area contributed by atoms with Gasteiger partial charge in [-0.05, 0) is 30.7 Å². The van der Waals surface area contributed by atoms with Gasteiger partial charge in [-0.25, -0.2) is 0 Å². The van der Waals surface area contributed by atoms with Gasteiger partial charge in [0.25, 0.3) is 5.70 Å². The van der Waals surface area contributed by atoms with Gasteiger partial charge in [0.05, 0.1) is 28.0 Å². The van der Waals surface area contributed by atoms with Crippen molar-refractivity contribution in [1.82, 2.24) is 0 Å². The second kappa shape index (κ2) is 5.97. The molecular formula is C16H12N2O3. The van der Waals surface area contributed by atoms with Crippen LogP contribution in [-0.4, -0.2) is 10.7 Å². The molecule has 0 amide bonds. The lowest BCUT2D eigenvalue weighted by molar-refractivity contribution is -0.418. The summed E-state index contributed by atoms with van der Waals surface area (Å²) in [4.78, 5) is 22.7. The van der Waals surface area contributed by atoms with Crippen molar-refractivity contribution in [1.29, 1.82) is 5.26 Å². The first kappa shape index (κ1) is 14.4. The highest BCUT2D eigenvalue weighted by molar-refractivity contribution is 6.05. The van der Waals surface area contributed by atoms with Gasteiger partial charge in [0, 0.05) is 6.08 Å². The Morgan fingerprint density at radius 3 is 2.48 bits per heavy atom. The largest absolute Gasteiger partial charge is 0.294 e. The number of nitro groups is 1. The molecule has 2 rings (SSSR count). The van der Waals surface area contributed by atoms with Gasteiger partial charge >= 0.3 is 0 Å². The van der Waals surface area contributed by atoms with E-state index in [2.05, 4.69) is 0 Å². The summed E-state index contributed by atoms with van der Waals surface area (Å²) in [7, 11) is 0. The highest BCUT2D eigenvalue weighted by atomic mass is 16.6. The van der Waals surface area contributed by atoms with Crippen LogP contribution in [0.1, 0.15) is 18.1 Å². The summed E-state index contributed by atoms with van der Waals surface area (Å²) in [6, 6.07) is 8.40. The molecule has 0 saturated heterocycles. The predicted octanol–water partition coefficient (Wildman–Crippen LogP) is 2.88. The number of carbonyl (C=O) groups excluding carboxylic acids is 1. The van der Waals surface area contributed by atoms with Crippen LogP contribution in [0.25, 0.3) is 5.57 Å². The first-order chi connectivity index (χ1) is 10.1. The molecule has 0 heterocycles. The van der Waals surface area contributed by atoms with Crippen LogP contribution in [0.15, 0.2) is 54.3 Å². The van der Waals surface area contributed by atoms with E-state index in [9.17, 15) is 14.9 Å². The van der Waals surface area contributed by atoms with E-state index in [0.717, 1.165) is 0 Å². The van der Waals surface area contributed by atoms with Crippen LogP contribution in [0.5, 0.6) is 0 Å². The fraction of sp³-hybridized carbons (Fsp3) is 0.125. The summed E-state index contributed by atoms with van der Waals surface area (Å²) in [6.07, 6.45) is 5.80. The molecule has 1 aromatic rings. The standard InChI is InChI=1S/C16H12N2O3/c1-2-3-13-15(19)9-8-14(18(20)21)16(13)12-6-4-11(10-17)5-7-12/h2-9,13H,1H3. The molecule has 0 saturated carbocycles. The lowest BCUT2D eigenvalue weighted by Gasteiger charge is -2.17. The first-order valence-electron chi connectivity index (χ1n) is 6.32. The van der Waals surface area contributed by atoms with Crippen LogP contribution >= 0.6 is 0 Å². The van der Waals surface area contributed by atoms with Gasteiger partial charge in [0.1, 0.15) is 0 Å². The van der Waals surface area contributed by atoms with E-state index in [-0.39, 0.29) is 11.5 Å². The van der Waals surface area contributed by atoms with Crippen LogP contribution < -0.4 is 0 Å². The summed E-state index contributed by atoms with van der Waals surface area (Å²) >= 11 is 0. The molecule has 0 spiro atoms. The summed E-state index contributed by atoms with van der Waals surface area (Å²) in [5.41, 5.74) is 1.29.